The number of aromatic nitrogens is 3. The van der Waals surface area contributed by atoms with Gasteiger partial charge in [0.15, 0.2) is 5.65 Å². The number of imidazole rings is 1. The van der Waals surface area contributed by atoms with Gasteiger partial charge in [0.1, 0.15) is 10.9 Å². The maximum atomic E-state index is 10.6. The number of halogens is 1. The molecule has 5 heteroatoms. The molecule has 15 heavy (non-hydrogen) atoms. The minimum absolute atomic E-state index is 0.390. The molecule has 2 heterocycles. The Bertz CT molecular complexity index is 507. The molecule has 0 fully saturated rings. The standard InChI is InChI=1S/C10H10BrN3O/c1-2-7-8(3-4-15)14-6-9(11)12-5-10(14)13-7/h4-6H,2-3H2,1H3. The molecular formula is C10H10BrN3O. The van der Waals surface area contributed by atoms with Crippen molar-refractivity contribution >= 4 is 27.9 Å². The molecule has 0 aliphatic rings. The molecule has 0 amide bonds. The van der Waals surface area contributed by atoms with E-state index in [1.54, 1.807) is 6.20 Å². The smallest absolute Gasteiger partial charge is 0.155 e. The van der Waals surface area contributed by atoms with E-state index >= 15 is 0 Å². The van der Waals surface area contributed by atoms with E-state index in [1.807, 2.05) is 17.5 Å². The molecule has 0 spiro atoms. The molecule has 0 aliphatic heterocycles. The first-order valence-corrected chi connectivity index (χ1v) is 5.50. The van der Waals surface area contributed by atoms with Crippen LogP contribution in [-0.4, -0.2) is 20.7 Å². The van der Waals surface area contributed by atoms with Crippen LogP contribution in [0.3, 0.4) is 0 Å². The molecule has 2 aromatic rings. The van der Waals surface area contributed by atoms with Crippen LogP contribution in [0.25, 0.3) is 5.65 Å². The zero-order valence-corrected chi connectivity index (χ0v) is 9.86. The summed E-state index contributed by atoms with van der Waals surface area (Å²) in [5.41, 5.74) is 2.69. The lowest BCUT2D eigenvalue weighted by atomic mass is 10.2. The first-order chi connectivity index (χ1) is 7.26. The Labute approximate surface area is 95.5 Å². The van der Waals surface area contributed by atoms with Gasteiger partial charge in [0.2, 0.25) is 0 Å². The predicted molar refractivity (Wildman–Crippen MR) is 59.8 cm³/mol. The van der Waals surface area contributed by atoms with Gasteiger partial charge in [0.25, 0.3) is 0 Å². The van der Waals surface area contributed by atoms with Crippen molar-refractivity contribution in [2.45, 2.75) is 19.8 Å². The molecule has 2 aromatic heterocycles. The monoisotopic (exact) mass is 267 g/mol. The lowest BCUT2D eigenvalue weighted by molar-refractivity contribution is -0.107. The fourth-order valence-corrected chi connectivity index (χ4v) is 1.91. The van der Waals surface area contributed by atoms with E-state index in [1.165, 1.54) is 0 Å². The number of fused-ring (bicyclic) bond motifs is 1. The summed E-state index contributed by atoms with van der Waals surface area (Å²) in [5.74, 6) is 0. The number of carbonyl (C=O) groups is 1. The predicted octanol–water partition coefficient (Wildman–Crippen LogP) is 1.80. The van der Waals surface area contributed by atoms with Crippen molar-refractivity contribution in [3.05, 3.63) is 28.4 Å². The Morgan fingerprint density at radius 1 is 1.60 bits per heavy atom. The van der Waals surface area contributed by atoms with Gasteiger partial charge < -0.3 is 4.79 Å². The number of aryl methyl sites for hydroxylation is 1. The van der Waals surface area contributed by atoms with Crippen LogP contribution in [0.1, 0.15) is 18.3 Å². The average molecular weight is 268 g/mol. The van der Waals surface area contributed by atoms with E-state index in [-0.39, 0.29) is 0 Å². The van der Waals surface area contributed by atoms with E-state index < -0.39 is 0 Å². The molecule has 0 bridgehead atoms. The molecule has 0 atom stereocenters. The third kappa shape index (κ3) is 1.79. The van der Waals surface area contributed by atoms with Gasteiger partial charge in [-0.2, -0.15) is 0 Å². The number of hydrogen-bond donors (Lipinski definition) is 0. The number of carbonyl (C=O) groups excluding carboxylic acids is 1. The molecular weight excluding hydrogens is 258 g/mol. The van der Waals surface area contributed by atoms with E-state index in [4.69, 9.17) is 0 Å². The van der Waals surface area contributed by atoms with E-state index in [0.29, 0.717) is 6.42 Å². The van der Waals surface area contributed by atoms with Gasteiger partial charge in [-0.25, -0.2) is 9.97 Å². The summed E-state index contributed by atoms with van der Waals surface area (Å²) in [6, 6.07) is 0. The van der Waals surface area contributed by atoms with Gasteiger partial charge in [0.05, 0.1) is 17.6 Å². The first-order valence-electron chi connectivity index (χ1n) is 4.71. The molecule has 0 saturated carbocycles. The van der Waals surface area contributed by atoms with E-state index in [9.17, 15) is 4.79 Å². The van der Waals surface area contributed by atoms with Gasteiger partial charge >= 0.3 is 0 Å². The van der Waals surface area contributed by atoms with Crippen molar-refractivity contribution in [3.63, 3.8) is 0 Å². The van der Waals surface area contributed by atoms with Gasteiger partial charge in [-0.15, -0.1) is 0 Å². The highest BCUT2D eigenvalue weighted by Crippen LogP contribution is 2.15. The highest BCUT2D eigenvalue weighted by atomic mass is 79.9. The van der Waals surface area contributed by atoms with Gasteiger partial charge in [-0.05, 0) is 22.4 Å². The molecule has 4 nitrogen and oxygen atoms in total. The maximum Gasteiger partial charge on any atom is 0.155 e. The van der Waals surface area contributed by atoms with Crippen LogP contribution in [0.4, 0.5) is 0 Å². The zero-order chi connectivity index (χ0) is 10.8. The van der Waals surface area contributed by atoms with Crippen molar-refractivity contribution in [2.24, 2.45) is 0 Å². The van der Waals surface area contributed by atoms with Gasteiger partial charge in [0, 0.05) is 12.6 Å². The fraction of sp³-hybridized carbons (Fsp3) is 0.300. The highest BCUT2D eigenvalue weighted by Gasteiger charge is 2.10. The lowest BCUT2D eigenvalue weighted by Gasteiger charge is -1.99. The van der Waals surface area contributed by atoms with Crippen molar-refractivity contribution in [3.8, 4) is 0 Å². The zero-order valence-electron chi connectivity index (χ0n) is 8.27. The largest absolute Gasteiger partial charge is 0.303 e. The molecule has 0 N–H and O–H groups in total. The van der Waals surface area contributed by atoms with Gasteiger partial charge in [-0.1, -0.05) is 6.92 Å². The van der Waals surface area contributed by atoms with Crippen LogP contribution in [0, 0.1) is 0 Å². The molecule has 0 aliphatic carbocycles. The van der Waals surface area contributed by atoms with E-state index in [2.05, 4.69) is 25.9 Å². The molecule has 0 radical (unpaired) electrons. The second-order valence-electron chi connectivity index (χ2n) is 3.17. The normalized spacial score (nSPS) is 10.8. The van der Waals surface area contributed by atoms with Crippen LogP contribution in [-0.2, 0) is 17.6 Å². The van der Waals surface area contributed by atoms with Crippen molar-refractivity contribution in [2.75, 3.05) is 0 Å². The number of aldehydes is 1. The topological polar surface area (TPSA) is 47.3 Å². The van der Waals surface area contributed by atoms with Crippen LogP contribution < -0.4 is 0 Å². The Morgan fingerprint density at radius 3 is 3.07 bits per heavy atom. The second-order valence-corrected chi connectivity index (χ2v) is 3.98. The molecule has 0 unspecified atom stereocenters. The summed E-state index contributed by atoms with van der Waals surface area (Å²) < 4.78 is 2.65. The maximum absolute atomic E-state index is 10.6. The van der Waals surface area contributed by atoms with E-state index in [0.717, 1.165) is 34.3 Å². The van der Waals surface area contributed by atoms with Crippen LogP contribution >= 0.6 is 15.9 Å². The summed E-state index contributed by atoms with van der Waals surface area (Å²) in [7, 11) is 0. The summed E-state index contributed by atoms with van der Waals surface area (Å²) >= 11 is 3.30. The Morgan fingerprint density at radius 2 is 2.40 bits per heavy atom. The van der Waals surface area contributed by atoms with Crippen LogP contribution in [0.5, 0.6) is 0 Å². The fourth-order valence-electron chi connectivity index (χ4n) is 1.61. The lowest BCUT2D eigenvalue weighted by Crippen LogP contribution is -1.97. The Kier molecular flexibility index (Phi) is 2.81. The quantitative estimate of drug-likeness (QED) is 0.797. The van der Waals surface area contributed by atoms with Crippen LogP contribution in [0.15, 0.2) is 17.0 Å². The Balaban J connectivity index is 2.70. The second kappa shape index (κ2) is 4.10. The summed E-state index contributed by atoms with van der Waals surface area (Å²) in [4.78, 5) is 19.1. The minimum Gasteiger partial charge on any atom is -0.303 e. The summed E-state index contributed by atoms with van der Waals surface area (Å²) in [6.45, 7) is 2.03. The summed E-state index contributed by atoms with van der Waals surface area (Å²) in [6.07, 6.45) is 5.64. The van der Waals surface area contributed by atoms with Crippen molar-refractivity contribution in [1.82, 2.24) is 14.4 Å². The molecule has 2 rings (SSSR count). The third-order valence-corrected chi connectivity index (χ3v) is 2.68. The van der Waals surface area contributed by atoms with Crippen molar-refractivity contribution < 1.29 is 4.79 Å². The molecule has 0 aromatic carbocycles. The Hall–Kier alpha value is -1.23. The number of nitrogens with zero attached hydrogens (tertiary/aromatic N) is 3. The molecule has 0 saturated heterocycles. The SMILES string of the molecule is CCc1nc2cnc(Br)cn2c1CC=O. The summed E-state index contributed by atoms with van der Waals surface area (Å²) in [5, 5.41) is 0. The average Bonchev–Trinajstić information content (AvgIpc) is 2.57. The number of rotatable bonds is 3. The third-order valence-electron chi connectivity index (χ3n) is 2.27. The van der Waals surface area contributed by atoms with Crippen molar-refractivity contribution in [1.29, 1.82) is 0 Å². The number of hydrogen-bond acceptors (Lipinski definition) is 3. The first kappa shape index (κ1) is 10.3. The highest BCUT2D eigenvalue weighted by molar-refractivity contribution is 9.10. The minimum atomic E-state index is 0.390. The van der Waals surface area contributed by atoms with Gasteiger partial charge in [-0.3, -0.25) is 4.40 Å². The molecule has 78 valence electrons. The van der Waals surface area contributed by atoms with Crippen LogP contribution in [0.2, 0.25) is 0 Å².